The monoisotopic (exact) mass is 759 g/mol. The molecule has 3 aromatic carbocycles. The van der Waals surface area contributed by atoms with E-state index < -0.39 is 23.0 Å². The topological polar surface area (TPSA) is 208 Å². The Morgan fingerprint density at radius 1 is 0.727 bits per heavy atom. The molecule has 1 atom stereocenters. The van der Waals surface area contributed by atoms with Crippen LogP contribution in [0.15, 0.2) is 72.8 Å². The number of rotatable bonds is 23. The molecule has 0 aromatic heterocycles. The van der Waals surface area contributed by atoms with Crippen LogP contribution in [0.5, 0.6) is 0 Å². The minimum atomic E-state index is -1.41. The van der Waals surface area contributed by atoms with Crippen LogP contribution in [0, 0.1) is 22.0 Å². The van der Waals surface area contributed by atoms with Crippen molar-refractivity contribution in [1.82, 2.24) is 16.0 Å². The number of nitro benzene ring substituents is 1. The molecule has 1 aliphatic heterocycles. The number of amides is 4. The highest BCUT2D eigenvalue weighted by molar-refractivity contribution is 5.95. The smallest absolute Gasteiger partial charge is 0.405 e. The second kappa shape index (κ2) is 23.0. The Morgan fingerprint density at radius 2 is 1.31 bits per heavy atom. The van der Waals surface area contributed by atoms with E-state index in [2.05, 4.69) is 27.8 Å². The molecular formula is C39H45N5O11. The number of benzene rings is 3. The van der Waals surface area contributed by atoms with Gasteiger partial charge < -0.3 is 44.9 Å². The third kappa shape index (κ3) is 14.5. The molecular weight excluding hydrogens is 714 g/mol. The maximum Gasteiger partial charge on any atom is 0.405 e. The van der Waals surface area contributed by atoms with Crippen LogP contribution in [-0.2, 0) is 39.9 Å². The lowest BCUT2D eigenvalue weighted by atomic mass is 10.0. The van der Waals surface area contributed by atoms with E-state index in [0.29, 0.717) is 39.6 Å². The van der Waals surface area contributed by atoms with Crippen molar-refractivity contribution in [2.45, 2.75) is 31.8 Å². The van der Waals surface area contributed by atoms with Gasteiger partial charge in [-0.15, -0.1) is 0 Å². The van der Waals surface area contributed by atoms with Crippen molar-refractivity contribution < 1.29 is 48.2 Å². The number of carbonyl (C=O) groups is 4. The van der Waals surface area contributed by atoms with Gasteiger partial charge in [0, 0.05) is 43.1 Å². The first-order valence-corrected chi connectivity index (χ1v) is 17.8. The van der Waals surface area contributed by atoms with Crippen LogP contribution in [-0.4, -0.2) is 99.8 Å². The summed E-state index contributed by atoms with van der Waals surface area (Å²) < 4.78 is 21.8. The molecule has 4 N–H and O–H groups in total. The Hall–Kier alpha value is -5.86. The van der Waals surface area contributed by atoms with Gasteiger partial charge in [-0.3, -0.25) is 24.5 Å². The van der Waals surface area contributed by atoms with E-state index in [9.17, 15) is 29.3 Å². The van der Waals surface area contributed by atoms with Crippen LogP contribution in [0.3, 0.4) is 0 Å². The minimum absolute atomic E-state index is 0.0899. The van der Waals surface area contributed by atoms with Gasteiger partial charge in [-0.25, -0.2) is 4.79 Å². The number of nitrogens with one attached hydrogen (secondary N) is 3. The van der Waals surface area contributed by atoms with Gasteiger partial charge in [0.15, 0.2) is 0 Å². The summed E-state index contributed by atoms with van der Waals surface area (Å²) in [6.45, 7) is 2.98. The molecule has 3 aromatic rings. The van der Waals surface area contributed by atoms with Crippen molar-refractivity contribution in [2.75, 3.05) is 70.8 Å². The Bertz CT molecular complexity index is 1830. The SMILES string of the molecule is O=C(O)NC(CC(=O)NCCOCCOCCOCCOCCC(=O)NCCC(=O)N1Cc2ccccc2C#Cc2ccccc21)c1ccccc1[N+](=O)[O-]. The largest absolute Gasteiger partial charge is 0.465 e. The van der Waals surface area contributed by atoms with Crippen molar-refractivity contribution >= 4 is 35.2 Å². The molecule has 4 amide bonds. The van der Waals surface area contributed by atoms with Gasteiger partial charge in [0.1, 0.15) is 0 Å². The molecule has 0 bridgehead atoms. The third-order valence-electron chi connectivity index (χ3n) is 8.19. The molecule has 0 radical (unpaired) electrons. The summed E-state index contributed by atoms with van der Waals surface area (Å²) in [7, 11) is 0. The number of hydrogen-bond acceptors (Lipinski definition) is 10. The normalized spacial score (nSPS) is 12.1. The van der Waals surface area contributed by atoms with Crippen LogP contribution < -0.4 is 20.9 Å². The molecule has 1 unspecified atom stereocenters. The first-order valence-electron chi connectivity index (χ1n) is 17.8. The van der Waals surface area contributed by atoms with E-state index in [-0.39, 0.29) is 75.2 Å². The summed E-state index contributed by atoms with van der Waals surface area (Å²) in [6.07, 6.45) is -1.45. The first kappa shape index (κ1) is 41.9. The van der Waals surface area contributed by atoms with Gasteiger partial charge in [-0.2, -0.15) is 0 Å². The fraction of sp³-hybridized carbons (Fsp3) is 0.385. The zero-order chi connectivity index (χ0) is 39.3. The van der Waals surface area contributed by atoms with Crippen LogP contribution in [0.25, 0.3) is 0 Å². The van der Waals surface area contributed by atoms with Crippen LogP contribution in [0.4, 0.5) is 16.2 Å². The molecule has 0 saturated heterocycles. The van der Waals surface area contributed by atoms with E-state index in [1.165, 1.54) is 24.3 Å². The number of nitro groups is 1. The molecule has 1 heterocycles. The minimum Gasteiger partial charge on any atom is -0.465 e. The number of anilines is 1. The molecule has 0 aliphatic carbocycles. The number of hydrogen-bond donors (Lipinski definition) is 4. The van der Waals surface area contributed by atoms with Gasteiger partial charge in [-0.05, 0) is 23.8 Å². The van der Waals surface area contributed by atoms with Crippen molar-refractivity contribution in [3.05, 3.63) is 105 Å². The predicted molar refractivity (Wildman–Crippen MR) is 200 cm³/mol. The molecule has 4 rings (SSSR count). The lowest BCUT2D eigenvalue weighted by Gasteiger charge is -2.26. The fourth-order valence-electron chi connectivity index (χ4n) is 5.52. The third-order valence-corrected chi connectivity index (χ3v) is 8.19. The number of fused-ring (bicyclic) bond motifs is 2. The highest BCUT2D eigenvalue weighted by atomic mass is 16.6. The Balaban J connectivity index is 0.971. The Labute approximate surface area is 318 Å². The fourth-order valence-corrected chi connectivity index (χ4v) is 5.52. The molecule has 0 saturated carbocycles. The average Bonchev–Trinajstić information content (AvgIpc) is 3.16. The molecule has 0 spiro atoms. The number of ether oxygens (including phenoxy) is 4. The quantitative estimate of drug-likeness (QED) is 0.0477. The van der Waals surface area contributed by atoms with Crippen LogP contribution in [0.1, 0.15) is 47.6 Å². The molecule has 1 aliphatic rings. The number of nitrogens with zero attached hydrogens (tertiary/aromatic N) is 2. The zero-order valence-corrected chi connectivity index (χ0v) is 30.3. The molecule has 55 heavy (non-hydrogen) atoms. The number of carboxylic acid groups (broad SMARTS) is 1. The van der Waals surface area contributed by atoms with Crippen LogP contribution in [0.2, 0.25) is 0 Å². The zero-order valence-electron chi connectivity index (χ0n) is 30.3. The van der Waals surface area contributed by atoms with Crippen molar-refractivity contribution in [3.63, 3.8) is 0 Å². The van der Waals surface area contributed by atoms with Gasteiger partial charge in [0.2, 0.25) is 17.7 Å². The highest BCUT2D eigenvalue weighted by Gasteiger charge is 2.25. The Morgan fingerprint density at radius 3 is 2.02 bits per heavy atom. The molecule has 0 fully saturated rings. The summed E-state index contributed by atoms with van der Waals surface area (Å²) in [5, 5.41) is 28.0. The Kier molecular flexibility index (Phi) is 17.5. The van der Waals surface area contributed by atoms with Crippen molar-refractivity contribution in [1.29, 1.82) is 0 Å². The second-order valence-corrected chi connectivity index (χ2v) is 12.1. The summed E-state index contributed by atoms with van der Waals surface area (Å²) in [5.74, 6) is 5.55. The number of carbonyl (C=O) groups excluding carboxylic acids is 3. The van der Waals surface area contributed by atoms with Crippen molar-refractivity contribution in [2.24, 2.45) is 0 Å². The van der Waals surface area contributed by atoms with E-state index in [0.717, 1.165) is 22.4 Å². The van der Waals surface area contributed by atoms with E-state index in [4.69, 9.17) is 24.1 Å². The van der Waals surface area contributed by atoms with Gasteiger partial charge in [0.25, 0.3) is 5.69 Å². The van der Waals surface area contributed by atoms with Gasteiger partial charge in [-0.1, -0.05) is 60.4 Å². The van der Waals surface area contributed by atoms with Gasteiger partial charge >= 0.3 is 6.09 Å². The van der Waals surface area contributed by atoms with E-state index in [1.807, 2.05) is 48.5 Å². The van der Waals surface area contributed by atoms with Gasteiger partial charge in [0.05, 0.1) is 88.0 Å². The average molecular weight is 760 g/mol. The summed E-state index contributed by atoms with van der Waals surface area (Å²) in [5.41, 5.74) is 3.17. The second-order valence-electron chi connectivity index (χ2n) is 12.1. The summed E-state index contributed by atoms with van der Waals surface area (Å²) >= 11 is 0. The standard InChI is InChI=1S/C39H45N5O11/c45-36(40-17-15-38(47)43-28-31-9-2-1-7-29(31)13-14-30-8-3-5-11-34(30)43)16-19-52-21-23-54-25-26-55-24-22-53-20-18-41-37(46)27-33(42-39(48)49)32-10-4-6-12-35(32)44(50)51/h1-12,33,42H,15-28H2,(H,40,45)(H,41,46)(H,48,49). The molecule has 16 heteroatoms. The predicted octanol–water partition coefficient (Wildman–Crippen LogP) is 3.32. The molecule has 16 nitrogen and oxygen atoms in total. The highest BCUT2D eigenvalue weighted by Crippen LogP contribution is 2.28. The maximum atomic E-state index is 13.3. The summed E-state index contributed by atoms with van der Waals surface area (Å²) in [4.78, 5) is 61.6. The maximum absolute atomic E-state index is 13.3. The number of para-hydroxylation sites is 2. The summed E-state index contributed by atoms with van der Waals surface area (Å²) in [6, 6.07) is 19.8. The lowest BCUT2D eigenvalue weighted by Crippen LogP contribution is -2.35. The van der Waals surface area contributed by atoms with Crippen molar-refractivity contribution in [3.8, 4) is 11.8 Å². The molecule has 292 valence electrons. The van der Waals surface area contributed by atoms with E-state index >= 15 is 0 Å². The van der Waals surface area contributed by atoms with E-state index in [1.54, 1.807) is 4.90 Å². The lowest BCUT2D eigenvalue weighted by molar-refractivity contribution is -0.385. The first-order chi connectivity index (χ1) is 26.7. The van der Waals surface area contributed by atoms with Crippen LogP contribution >= 0.6 is 0 Å².